The highest BCUT2D eigenvalue weighted by Crippen LogP contribution is 2.34. The third kappa shape index (κ3) is 3.72. The molecule has 0 bridgehead atoms. The predicted molar refractivity (Wildman–Crippen MR) is 70.6 cm³/mol. The molecule has 1 aliphatic rings. The largest absolute Gasteiger partial charge is 0.481 e. The summed E-state index contributed by atoms with van der Waals surface area (Å²) in [5, 5.41) is 9.18. The van der Waals surface area contributed by atoms with Crippen molar-refractivity contribution < 1.29 is 14.6 Å². The molecule has 1 aromatic carbocycles. The molecule has 1 saturated heterocycles. The summed E-state index contributed by atoms with van der Waals surface area (Å²) in [5.74, 6) is -0.758. The fraction of sp³-hybridized carbons (Fsp3) is 0.417. The van der Waals surface area contributed by atoms with Gasteiger partial charge in [-0.15, -0.1) is 11.8 Å². The highest BCUT2D eigenvalue weighted by atomic mass is 79.9. The molecule has 1 fully saturated rings. The quantitative estimate of drug-likeness (QED) is 0.907. The van der Waals surface area contributed by atoms with E-state index in [0.717, 1.165) is 23.2 Å². The Labute approximate surface area is 113 Å². The normalized spacial score (nSPS) is 15.6. The van der Waals surface area contributed by atoms with Crippen molar-refractivity contribution in [2.45, 2.75) is 23.0 Å². The lowest BCUT2D eigenvalue weighted by Gasteiger charge is -2.25. The van der Waals surface area contributed by atoms with Gasteiger partial charge in [0.2, 0.25) is 0 Å². The van der Waals surface area contributed by atoms with Gasteiger partial charge in [-0.2, -0.15) is 0 Å². The number of aliphatic carboxylic acids is 1. The molecule has 92 valence electrons. The molecule has 0 unspecified atom stereocenters. The van der Waals surface area contributed by atoms with Crippen molar-refractivity contribution in [1.29, 1.82) is 0 Å². The Morgan fingerprint density at radius 2 is 2.29 bits per heavy atom. The number of aryl methyl sites for hydroxylation is 1. The summed E-state index contributed by atoms with van der Waals surface area (Å²) in [7, 11) is 0. The number of carbonyl (C=O) groups is 1. The third-order valence-corrected chi connectivity index (χ3v) is 4.66. The van der Waals surface area contributed by atoms with Gasteiger partial charge in [0.05, 0.1) is 18.5 Å². The maximum Gasteiger partial charge on any atom is 0.303 e. The molecular weight excluding hydrogens is 304 g/mol. The molecule has 0 aromatic heterocycles. The Balaban J connectivity index is 1.97. The van der Waals surface area contributed by atoms with E-state index >= 15 is 0 Å². The predicted octanol–water partition coefficient (Wildman–Crippen LogP) is 2.96. The minimum atomic E-state index is -0.758. The van der Waals surface area contributed by atoms with Gasteiger partial charge in [0.15, 0.2) is 0 Å². The first kappa shape index (κ1) is 12.9. The standard InChI is InChI=1S/C12H13BrO3S/c13-10-5-8(2-4-12(14)15)1-3-11(10)17-9-6-16-7-9/h1,3,5,9H,2,4,6-7H2,(H,14,15). The summed E-state index contributed by atoms with van der Waals surface area (Å²) in [6, 6.07) is 6.05. The Morgan fingerprint density at radius 1 is 1.53 bits per heavy atom. The lowest BCUT2D eigenvalue weighted by molar-refractivity contribution is -0.136. The first-order chi connectivity index (χ1) is 8.15. The van der Waals surface area contributed by atoms with Crippen LogP contribution in [0.1, 0.15) is 12.0 Å². The smallest absolute Gasteiger partial charge is 0.303 e. The average molecular weight is 317 g/mol. The fourth-order valence-corrected chi connectivity index (χ4v) is 3.22. The first-order valence-corrected chi connectivity index (χ1v) is 7.07. The van der Waals surface area contributed by atoms with Gasteiger partial charge in [0, 0.05) is 15.8 Å². The second-order valence-corrected chi connectivity index (χ2v) is 6.13. The number of carboxylic acid groups (broad SMARTS) is 1. The van der Waals surface area contributed by atoms with Crippen LogP contribution in [0.4, 0.5) is 0 Å². The zero-order valence-corrected chi connectivity index (χ0v) is 11.6. The van der Waals surface area contributed by atoms with E-state index in [-0.39, 0.29) is 6.42 Å². The van der Waals surface area contributed by atoms with Crippen LogP contribution in [0.15, 0.2) is 27.6 Å². The molecule has 17 heavy (non-hydrogen) atoms. The number of hydrogen-bond donors (Lipinski definition) is 1. The molecule has 5 heteroatoms. The maximum atomic E-state index is 10.5. The van der Waals surface area contributed by atoms with Crippen LogP contribution in [0.3, 0.4) is 0 Å². The molecule has 0 aliphatic carbocycles. The van der Waals surface area contributed by atoms with E-state index < -0.39 is 5.97 Å². The van der Waals surface area contributed by atoms with Gasteiger partial charge in [0.1, 0.15) is 0 Å². The van der Waals surface area contributed by atoms with Gasteiger partial charge in [0.25, 0.3) is 0 Å². The number of thioether (sulfide) groups is 1. The van der Waals surface area contributed by atoms with Gasteiger partial charge < -0.3 is 9.84 Å². The summed E-state index contributed by atoms with van der Waals surface area (Å²) in [6.07, 6.45) is 0.751. The topological polar surface area (TPSA) is 46.5 Å². The summed E-state index contributed by atoms with van der Waals surface area (Å²) in [5.41, 5.74) is 1.05. The van der Waals surface area contributed by atoms with Crippen LogP contribution in [-0.2, 0) is 16.0 Å². The monoisotopic (exact) mass is 316 g/mol. The lowest BCUT2D eigenvalue weighted by atomic mass is 10.1. The minimum absolute atomic E-state index is 0.176. The van der Waals surface area contributed by atoms with Crippen LogP contribution in [0, 0.1) is 0 Å². The maximum absolute atomic E-state index is 10.5. The number of halogens is 1. The molecule has 1 N–H and O–H groups in total. The van der Waals surface area contributed by atoms with Gasteiger partial charge in [-0.05, 0) is 40.0 Å². The highest BCUT2D eigenvalue weighted by molar-refractivity contribution is 9.10. The van der Waals surface area contributed by atoms with Crippen LogP contribution in [0.2, 0.25) is 0 Å². The second kappa shape index (κ2) is 5.89. The molecule has 3 nitrogen and oxygen atoms in total. The van der Waals surface area contributed by atoms with E-state index in [1.165, 1.54) is 4.90 Å². The Hall–Kier alpha value is -0.520. The first-order valence-electron chi connectivity index (χ1n) is 5.40. The SMILES string of the molecule is O=C(O)CCc1ccc(SC2COC2)c(Br)c1. The lowest BCUT2D eigenvalue weighted by Crippen LogP contribution is -2.30. The highest BCUT2D eigenvalue weighted by Gasteiger charge is 2.20. The Kier molecular flexibility index (Phi) is 4.48. The molecule has 0 spiro atoms. The van der Waals surface area contributed by atoms with Gasteiger partial charge in [-0.25, -0.2) is 0 Å². The van der Waals surface area contributed by atoms with Gasteiger partial charge in [-0.1, -0.05) is 6.07 Å². The summed E-state index contributed by atoms with van der Waals surface area (Å²) in [4.78, 5) is 11.7. The third-order valence-electron chi connectivity index (χ3n) is 2.52. The number of hydrogen-bond acceptors (Lipinski definition) is 3. The number of carboxylic acids is 1. The fourth-order valence-electron chi connectivity index (χ4n) is 1.51. The average Bonchev–Trinajstić information content (AvgIpc) is 2.22. The molecule has 0 radical (unpaired) electrons. The van der Waals surface area contributed by atoms with Crippen molar-refractivity contribution in [2.75, 3.05) is 13.2 Å². The summed E-state index contributed by atoms with van der Waals surface area (Å²) in [6.45, 7) is 1.63. The Morgan fingerprint density at radius 3 is 2.82 bits per heavy atom. The number of rotatable bonds is 5. The van der Waals surface area contributed by atoms with Crippen molar-refractivity contribution in [3.05, 3.63) is 28.2 Å². The molecule has 1 aromatic rings. The van der Waals surface area contributed by atoms with Crippen molar-refractivity contribution >= 4 is 33.7 Å². The van der Waals surface area contributed by atoms with Gasteiger partial charge >= 0.3 is 5.97 Å². The number of benzene rings is 1. The Bertz CT molecular complexity index is 418. The van der Waals surface area contributed by atoms with E-state index in [1.807, 2.05) is 18.2 Å². The zero-order valence-electron chi connectivity index (χ0n) is 9.19. The minimum Gasteiger partial charge on any atom is -0.481 e. The van der Waals surface area contributed by atoms with Gasteiger partial charge in [-0.3, -0.25) is 4.79 Å². The van der Waals surface area contributed by atoms with Crippen LogP contribution in [-0.4, -0.2) is 29.5 Å². The van der Waals surface area contributed by atoms with E-state index in [0.29, 0.717) is 11.7 Å². The van der Waals surface area contributed by atoms with E-state index in [4.69, 9.17) is 9.84 Å². The summed E-state index contributed by atoms with van der Waals surface area (Å²) >= 11 is 5.33. The molecule has 1 heterocycles. The molecule has 0 atom stereocenters. The van der Waals surface area contributed by atoms with E-state index in [1.54, 1.807) is 11.8 Å². The zero-order chi connectivity index (χ0) is 12.3. The van der Waals surface area contributed by atoms with Crippen molar-refractivity contribution in [1.82, 2.24) is 0 Å². The second-order valence-electron chi connectivity index (χ2n) is 3.94. The van der Waals surface area contributed by atoms with Crippen molar-refractivity contribution in [3.8, 4) is 0 Å². The van der Waals surface area contributed by atoms with Crippen LogP contribution in [0.5, 0.6) is 0 Å². The molecule has 1 aliphatic heterocycles. The molecular formula is C12H13BrO3S. The molecule has 0 saturated carbocycles. The van der Waals surface area contributed by atoms with Crippen molar-refractivity contribution in [2.24, 2.45) is 0 Å². The van der Waals surface area contributed by atoms with Crippen LogP contribution >= 0.6 is 27.7 Å². The van der Waals surface area contributed by atoms with Crippen LogP contribution < -0.4 is 0 Å². The molecule has 0 amide bonds. The number of ether oxygens (including phenoxy) is 1. The van der Waals surface area contributed by atoms with Crippen LogP contribution in [0.25, 0.3) is 0 Å². The van der Waals surface area contributed by atoms with E-state index in [9.17, 15) is 4.79 Å². The molecule has 2 rings (SSSR count). The van der Waals surface area contributed by atoms with E-state index in [2.05, 4.69) is 15.9 Å². The van der Waals surface area contributed by atoms with Crippen molar-refractivity contribution in [3.63, 3.8) is 0 Å². The summed E-state index contributed by atoms with van der Waals surface area (Å²) < 4.78 is 6.17.